The summed E-state index contributed by atoms with van der Waals surface area (Å²) in [6, 6.07) is 8.75. The fraction of sp³-hybridized carbons (Fsp3) is 0.353. The van der Waals surface area contributed by atoms with Crippen LogP contribution in [-0.4, -0.2) is 11.5 Å². The molecule has 0 fully saturated rings. The fourth-order valence-corrected chi connectivity index (χ4v) is 2.89. The molecule has 0 bridgehead atoms. The Labute approximate surface area is 129 Å². The van der Waals surface area contributed by atoms with Crippen LogP contribution in [0.4, 0.5) is 0 Å². The molecule has 2 rings (SSSR count). The van der Waals surface area contributed by atoms with E-state index in [4.69, 9.17) is 0 Å². The van der Waals surface area contributed by atoms with Crippen molar-refractivity contribution in [3.05, 3.63) is 63.4 Å². The number of aryl methyl sites for hydroxylation is 2. The molecular formula is C17H21BrN2. The molecular weight excluding hydrogens is 312 g/mol. The van der Waals surface area contributed by atoms with E-state index < -0.39 is 0 Å². The molecule has 1 N–H and O–H groups in total. The largest absolute Gasteiger partial charge is 0.306 e. The van der Waals surface area contributed by atoms with Gasteiger partial charge in [0, 0.05) is 16.9 Å². The van der Waals surface area contributed by atoms with Gasteiger partial charge in [0.15, 0.2) is 0 Å². The molecule has 0 aliphatic heterocycles. The predicted molar refractivity (Wildman–Crippen MR) is 88.0 cm³/mol. The summed E-state index contributed by atoms with van der Waals surface area (Å²) in [6.07, 6.45) is 4.94. The van der Waals surface area contributed by atoms with Crippen LogP contribution in [0.1, 0.15) is 41.6 Å². The minimum absolute atomic E-state index is 0.205. The Morgan fingerprint density at radius 2 is 1.95 bits per heavy atom. The zero-order valence-electron chi connectivity index (χ0n) is 12.3. The van der Waals surface area contributed by atoms with Crippen LogP contribution in [0.15, 0.2) is 41.1 Å². The van der Waals surface area contributed by atoms with E-state index in [1.807, 2.05) is 12.4 Å². The Balaban J connectivity index is 2.44. The van der Waals surface area contributed by atoms with Crippen molar-refractivity contribution in [1.29, 1.82) is 0 Å². The zero-order chi connectivity index (χ0) is 14.5. The standard InChI is InChI=1S/C17H21BrN2/c1-4-8-20-17(16-11-19-9-7-12(16)2)15-6-5-14(18)10-13(15)3/h5-7,9-11,17,20H,4,8H2,1-3H3. The van der Waals surface area contributed by atoms with Crippen molar-refractivity contribution in [3.8, 4) is 0 Å². The number of halogens is 1. The number of nitrogens with zero attached hydrogens (tertiary/aromatic N) is 1. The first-order valence-electron chi connectivity index (χ1n) is 7.03. The number of rotatable bonds is 5. The van der Waals surface area contributed by atoms with E-state index in [1.165, 1.54) is 22.3 Å². The van der Waals surface area contributed by atoms with E-state index in [9.17, 15) is 0 Å². The van der Waals surface area contributed by atoms with Crippen molar-refractivity contribution in [2.75, 3.05) is 6.54 Å². The maximum Gasteiger partial charge on any atom is 0.0597 e. The molecule has 106 valence electrons. The highest BCUT2D eigenvalue weighted by Crippen LogP contribution is 2.28. The second-order valence-corrected chi connectivity index (χ2v) is 6.04. The van der Waals surface area contributed by atoms with Gasteiger partial charge in [-0.25, -0.2) is 0 Å². The van der Waals surface area contributed by atoms with Crippen LogP contribution in [0.2, 0.25) is 0 Å². The first kappa shape index (κ1) is 15.2. The number of hydrogen-bond acceptors (Lipinski definition) is 2. The molecule has 0 spiro atoms. The molecule has 1 atom stereocenters. The van der Waals surface area contributed by atoms with Gasteiger partial charge in [-0.2, -0.15) is 0 Å². The molecule has 1 unspecified atom stereocenters. The lowest BCUT2D eigenvalue weighted by Crippen LogP contribution is -2.24. The summed E-state index contributed by atoms with van der Waals surface area (Å²) in [7, 11) is 0. The number of pyridine rings is 1. The molecule has 1 aromatic carbocycles. The van der Waals surface area contributed by atoms with E-state index >= 15 is 0 Å². The topological polar surface area (TPSA) is 24.9 Å². The van der Waals surface area contributed by atoms with E-state index in [0.717, 1.165) is 17.4 Å². The first-order chi connectivity index (χ1) is 9.63. The van der Waals surface area contributed by atoms with Gasteiger partial charge in [-0.05, 0) is 67.3 Å². The highest BCUT2D eigenvalue weighted by atomic mass is 79.9. The van der Waals surface area contributed by atoms with Gasteiger partial charge >= 0.3 is 0 Å². The molecule has 0 saturated carbocycles. The number of nitrogens with one attached hydrogen (secondary N) is 1. The molecule has 0 saturated heterocycles. The molecule has 1 heterocycles. The second kappa shape index (κ2) is 7.00. The van der Waals surface area contributed by atoms with Gasteiger partial charge in [-0.1, -0.05) is 28.9 Å². The maximum absolute atomic E-state index is 4.30. The van der Waals surface area contributed by atoms with Crippen LogP contribution in [0.5, 0.6) is 0 Å². The molecule has 2 aromatic rings. The monoisotopic (exact) mass is 332 g/mol. The third kappa shape index (κ3) is 3.47. The molecule has 0 aliphatic carbocycles. The van der Waals surface area contributed by atoms with Crippen molar-refractivity contribution in [2.24, 2.45) is 0 Å². The van der Waals surface area contributed by atoms with Gasteiger partial charge in [0.25, 0.3) is 0 Å². The quantitative estimate of drug-likeness (QED) is 0.868. The molecule has 0 amide bonds. The summed E-state index contributed by atoms with van der Waals surface area (Å²) in [5.74, 6) is 0. The van der Waals surface area contributed by atoms with Crippen molar-refractivity contribution in [2.45, 2.75) is 33.2 Å². The van der Waals surface area contributed by atoms with Crippen LogP contribution in [0.3, 0.4) is 0 Å². The summed E-state index contributed by atoms with van der Waals surface area (Å²) in [5.41, 5.74) is 5.14. The van der Waals surface area contributed by atoms with E-state index in [-0.39, 0.29) is 6.04 Å². The van der Waals surface area contributed by atoms with Crippen LogP contribution in [0.25, 0.3) is 0 Å². The molecule has 2 nitrogen and oxygen atoms in total. The van der Waals surface area contributed by atoms with Gasteiger partial charge in [0.05, 0.1) is 6.04 Å². The summed E-state index contributed by atoms with van der Waals surface area (Å²) < 4.78 is 1.12. The van der Waals surface area contributed by atoms with E-state index in [0.29, 0.717) is 0 Å². The Morgan fingerprint density at radius 1 is 1.15 bits per heavy atom. The normalized spacial score (nSPS) is 12.4. The van der Waals surface area contributed by atoms with Gasteiger partial charge < -0.3 is 5.32 Å². The van der Waals surface area contributed by atoms with Crippen molar-refractivity contribution in [1.82, 2.24) is 10.3 Å². The summed E-state index contributed by atoms with van der Waals surface area (Å²) in [5, 5.41) is 3.65. The Hall–Kier alpha value is -1.19. The van der Waals surface area contributed by atoms with Gasteiger partial charge in [0.1, 0.15) is 0 Å². The van der Waals surface area contributed by atoms with Crippen molar-refractivity contribution >= 4 is 15.9 Å². The van der Waals surface area contributed by atoms with Gasteiger partial charge in [0.2, 0.25) is 0 Å². The third-order valence-electron chi connectivity index (χ3n) is 3.53. The summed E-state index contributed by atoms with van der Waals surface area (Å²) in [4.78, 5) is 4.30. The van der Waals surface area contributed by atoms with Crippen LogP contribution in [-0.2, 0) is 0 Å². The zero-order valence-corrected chi connectivity index (χ0v) is 13.9. The summed E-state index contributed by atoms with van der Waals surface area (Å²) >= 11 is 3.54. The van der Waals surface area contributed by atoms with Gasteiger partial charge in [-0.15, -0.1) is 0 Å². The van der Waals surface area contributed by atoms with Crippen LogP contribution >= 0.6 is 15.9 Å². The molecule has 0 aliphatic rings. The smallest absolute Gasteiger partial charge is 0.0597 e. The van der Waals surface area contributed by atoms with Crippen molar-refractivity contribution in [3.63, 3.8) is 0 Å². The van der Waals surface area contributed by atoms with E-state index in [2.05, 4.69) is 71.3 Å². The average molecular weight is 333 g/mol. The minimum Gasteiger partial charge on any atom is -0.306 e. The molecule has 1 aromatic heterocycles. The molecule has 0 radical (unpaired) electrons. The second-order valence-electron chi connectivity index (χ2n) is 5.12. The Morgan fingerprint density at radius 3 is 2.60 bits per heavy atom. The van der Waals surface area contributed by atoms with Crippen LogP contribution < -0.4 is 5.32 Å². The average Bonchev–Trinajstić information content (AvgIpc) is 2.42. The van der Waals surface area contributed by atoms with Crippen LogP contribution in [0, 0.1) is 13.8 Å². The minimum atomic E-state index is 0.205. The fourth-order valence-electron chi connectivity index (χ4n) is 2.42. The number of hydrogen-bond donors (Lipinski definition) is 1. The Bertz CT molecular complexity index is 581. The number of benzene rings is 1. The van der Waals surface area contributed by atoms with Crippen molar-refractivity contribution < 1.29 is 0 Å². The van der Waals surface area contributed by atoms with E-state index in [1.54, 1.807) is 0 Å². The lowest BCUT2D eigenvalue weighted by Gasteiger charge is -2.23. The SMILES string of the molecule is CCCNC(c1ccc(Br)cc1C)c1cnccc1C. The molecule has 20 heavy (non-hydrogen) atoms. The summed E-state index contributed by atoms with van der Waals surface area (Å²) in [6.45, 7) is 7.49. The third-order valence-corrected chi connectivity index (χ3v) is 4.03. The molecule has 3 heteroatoms. The number of aromatic nitrogens is 1. The lowest BCUT2D eigenvalue weighted by atomic mass is 9.93. The first-order valence-corrected chi connectivity index (χ1v) is 7.82. The maximum atomic E-state index is 4.30. The Kier molecular flexibility index (Phi) is 5.32. The van der Waals surface area contributed by atoms with Gasteiger partial charge in [-0.3, -0.25) is 4.98 Å². The highest BCUT2D eigenvalue weighted by molar-refractivity contribution is 9.10. The highest BCUT2D eigenvalue weighted by Gasteiger charge is 2.17. The predicted octanol–water partition coefficient (Wildman–Crippen LogP) is 4.55. The lowest BCUT2D eigenvalue weighted by molar-refractivity contribution is 0.592.